The summed E-state index contributed by atoms with van der Waals surface area (Å²) < 4.78 is 0.796. The van der Waals surface area contributed by atoms with E-state index in [1.54, 1.807) is 17.8 Å². The first kappa shape index (κ1) is 12.4. The highest BCUT2D eigenvalue weighted by Crippen LogP contribution is 2.28. The summed E-state index contributed by atoms with van der Waals surface area (Å²) in [5, 5.41) is 12.9. The van der Waals surface area contributed by atoms with Crippen LogP contribution in [0.2, 0.25) is 5.02 Å². The molecule has 1 N–H and O–H groups in total. The van der Waals surface area contributed by atoms with Crippen LogP contribution in [0.15, 0.2) is 34.4 Å². The van der Waals surface area contributed by atoms with Crippen molar-refractivity contribution in [1.82, 2.24) is 4.98 Å². The molecule has 0 amide bonds. The van der Waals surface area contributed by atoms with Gasteiger partial charge in [0.1, 0.15) is 0 Å². The van der Waals surface area contributed by atoms with Gasteiger partial charge < -0.3 is 5.32 Å². The number of anilines is 1. The Morgan fingerprint density at radius 2 is 2.35 bits per heavy atom. The topological polar surface area (TPSA) is 48.7 Å². The summed E-state index contributed by atoms with van der Waals surface area (Å²) in [5.41, 5.74) is 2.54. The zero-order chi connectivity index (χ0) is 12.3. The van der Waals surface area contributed by atoms with Gasteiger partial charge in [-0.25, -0.2) is 0 Å². The molecule has 1 aromatic heterocycles. The summed E-state index contributed by atoms with van der Waals surface area (Å²) in [5.74, 6) is 0. The zero-order valence-electron chi connectivity index (χ0n) is 8.52. The van der Waals surface area contributed by atoms with E-state index in [0.29, 0.717) is 5.02 Å². The number of hydrogen-bond donors (Lipinski definition) is 1. The van der Waals surface area contributed by atoms with Gasteiger partial charge in [-0.1, -0.05) is 11.6 Å². The van der Waals surface area contributed by atoms with Crippen LogP contribution in [0.4, 0.5) is 5.69 Å². The van der Waals surface area contributed by atoms with E-state index in [0.717, 1.165) is 15.0 Å². The summed E-state index contributed by atoms with van der Waals surface area (Å²) in [6, 6.07) is 7.25. The molecule has 2 rings (SSSR count). The van der Waals surface area contributed by atoms with Crippen LogP contribution in [-0.2, 0) is 0 Å². The van der Waals surface area contributed by atoms with Gasteiger partial charge in [0.05, 0.1) is 21.5 Å². The molecular weight excluding hydrogens is 322 g/mol. The standard InChI is InChI=1S/C11H7BrClN3S/c12-8-3-7(1-2-9(8)13)16-10(4-14)11-5-15-6-17-11/h1-3,5-6,10,16H. The monoisotopic (exact) mass is 327 g/mol. The summed E-state index contributed by atoms with van der Waals surface area (Å²) in [6.45, 7) is 0. The van der Waals surface area contributed by atoms with E-state index in [4.69, 9.17) is 16.9 Å². The number of nitriles is 1. The maximum Gasteiger partial charge on any atom is 0.151 e. The molecule has 17 heavy (non-hydrogen) atoms. The molecule has 1 aromatic carbocycles. The van der Waals surface area contributed by atoms with Gasteiger partial charge in [0.25, 0.3) is 0 Å². The molecule has 0 aliphatic rings. The Kier molecular flexibility index (Phi) is 4.00. The summed E-state index contributed by atoms with van der Waals surface area (Å²) in [4.78, 5) is 4.85. The molecule has 0 bridgehead atoms. The molecule has 3 nitrogen and oxygen atoms in total. The maximum atomic E-state index is 9.11. The van der Waals surface area contributed by atoms with Crippen LogP contribution >= 0.6 is 38.9 Å². The summed E-state index contributed by atoms with van der Waals surface area (Å²) >= 11 is 10.7. The molecule has 0 saturated carbocycles. The first-order valence-electron chi connectivity index (χ1n) is 4.70. The van der Waals surface area contributed by atoms with Gasteiger partial charge in [-0.3, -0.25) is 4.98 Å². The van der Waals surface area contributed by atoms with Gasteiger partial charge in [-0.15, -0.1) is 11.3 Å². The van der Waals surface area contributed by atoms with E-state index in [-0.39, 0.29) is 0 Å². The second kappa shape index (κ2) is 5.50. The van der Waals surface area contributed by atoms with E-state index in [9.17, 15) is 0 Å². The van der Waals surface area contributed by atoms with Crippen molar-refractivity contribution >= 4 is 44.6 Å². The number of nitrogens with one attached hydrogen (secondary N) is 1. The minimum atomic E-state index is -0.393. The fourth-order valence-corrected chi connectivity index (χ4v) is 2.40. The third kappa shape index (κ3) is 2.97. The molecule has 0 saturated heterocycles. The fraction of sp³-hybridized carbons (Fsp3) is 0.0909. The van der Waals surface area contributed by atoms with Crippen LogP contribution in [-0.4, -0.2) is 4.98 Å². The highest BCUT2D eigenvalue weighted by molar-refractivity contribution is 9.10. The van der Waals surface area contributed by atoms with Crippen molar-refractivity contribution < 1.29 is 0 Å². The van der Waals surface area contributed by atoms with Gasteiger partial charge in [0.15, 0.2) is 6.04 Å². The lowest BCUT2D eigenvalue weighted by Crippen LogP contribution is -2.06. The first-order chi connectivity index (χ1) is 8.20. The molecule has 1 unspecified atom stereocenters. The third-order valence-electron chi connectivity index (χ3n) is 2.10. The Hall–Kier alpha value is -1.09. The molecule has 2 aromatic rings. The molecule has 6 heteroatoms. The normalized spacial score (nSPS) is 11.8. The van der Waals surface area contributed by atoms with E-state index in [1.807, 2.05) is 12.1 Å². The lowest BCUT2D eigenvalue weighted by Gasteiger charge is -2.11. The molecule has 1 heterocycles. The number of hydrogen-bond acceptors (Lipinski definition) is 4. The zero-order valence-corrected chi connectivity index (χ0v) is 11.7. The largest absolute Gasteiger partial charge is 0.365 e. The number of benzene rings is 1. The smallest absolute Gasteiger partial charge is 0.151 e. The van der Waals surface area contributed by atoms with Crippen molar-refractivity contribution in [3.8, 4) is 6.07 Å². The van der Waals surface area contributed by atoms with Gasteiger partial charge in [0, 0.05) is 16.4 Å². The molecule has 1 atom stereocenters. The molecule has 86 valence electrons. The lowest BCUT2D eigenvalue weighted by atomic mass is 10.2. The predicted molar refractivity (Wildman–Crippen MR) is 73.2 cm³/mol. The van der Waals surface area contributed by atoms with Crippen LogP contribution in [0.5, 0.6) is 0 Å². The highest BCUT2D eigenvalue weighted by Gasteiger charge is 2.12. The van der Waals surface area contributed by atoms with Crippen molar-refractivity contribution in [2.24, 2.45) is 0 Å². The van der Waals surface area contributed by atoms with E-state index in [2.05, 4.69) is 32.3 Å². The predicted octanol–water partition coefficient (Wildman–Crippen LogP) is 4.24. The number of thiazole rings is 1. The summed E-state index contributed by atoms with van der Waals surface area (Å²) in [6.07, 6.45) is 1.69. The van der Waals surface area contributed by atoms with Gasteiger partial charge >= 0.3 is 0 Å². The molecule has 0 spiro atoms. The summed E-state index contributed by atoms with van der Waals surface area (Å²) in [7, 11) is 0. The van der Waals surface area contributed by atoms with E-state index >= 15 is 0 Å². The van der Waals surface area contributed by atoms with Crippen LogP contribution in [0.3, 0.4) is 0 Å². The average molecular weight is 329 g/mol. The van der Waals surface area contributed by atoms with Gasteiger partial charge in [0.2, 0.25) is 0 Å². The van der Waals surface area contributed by atoms with Gasteiger partial charge in [-0.05, 0) is 34.1 Å². The molecule has 0 radical (unpaired) electrons. The average Bonchev–Trinajstić information content (AvgIpc) is 2.84. The van der Waals surface area contributed by atoms with E-state index in [1.165, 1.54) is 11.3 Å². The Labute approximate surface area is 116 Å². The van der Waals surface area contributed by atoms with Crippen molar-refractivity contribution in [3.63, 3.8) is 0 Å². The molecular formula is C11H7BrClN3S. The molecule has 0 aliphatic heterocycles. The van der Waals surface area contributed by atoms with Crippen LogP contribution in [0.1, 0.15) is 10.9 Å². The van der Waals surface area contributed by atoms with Crippen LogP contribution in [0, 0.1) is 11.3 Å². The highest BCUT2D eigenvalue weighted by atomic mass is 79.9. The van der Waals surface area contributed by atoms with Crippen molar-refractivity contribution in [2.75, 3.05) is 5.32 Å². The Morgan fingerprint density at radius 1 is 1.53 bits per heavy atom. The fourth-order valence-electron chi connectivity index (χ4n) is 1.29. The van der Waals surface area contributed by atoms with Crippen LogP contribution < -0.4 is 5.32 Å². The van der Waals surface area contributed by atoms with Crippen molar-refractivity contribution in [1.29, 1.82) is 5.26 Å². The second-order valence-corrected chi connectivity index (χ2v) is 5.42. The number of aromatic nitrogens is 1. The minimum Gasteiger partial charge on any atom is -0.365 e. The quantitative estimate of drug-likeness (QED) is 0.917. The number of nitrogens with zero attached hydrogens (tertiary/aromatic N) is 2. The molecule has 0 fully saturated rings. The van der Waals surface area contributed by atoms with E-state index < -0.39 is 6.04 Å². The third-order valence-corrected chi connectivity index (χ3v) is 4.15. The van der Waals surface area contributed by atoms with Crippen LogP contribution in [0.25, 0.3) is 0 Å². The minimum absolute atomic E-state index is 0.393. The van der Waals surface area contributed by atoms with Gasteiger partial charge in [-0.2, -0.15) is 5.26 Å². The van der Waals surface area contributed by atoms with Crippen molar-refractivity contribution in [2.45, 2.75) is 6.04 Å². The lowest BCUT2D eigenvalue weighted by molar-refractivity contribution is 1.02. The Balaban J connectivity index is 2.20. The SMILES string of the molecule is N#CC(Nc1ccc(Cl)c(Br)c1)c1cncs1. The molecule has 0 aliphatic carbocycles. The Morgan fingerprint density at radius 3 is 2.94 bits per heavy atom. The second-order valence-electron chi connectivity index (χ2n) is 3.24. The maximum absolute atomic E-state index is 9.11. The van der Waals surface area contributed by atoms with Crippen molar-refractivity contribution in [3.05, 3.63) is 44.3 Å². The Bertz CT molecular complexity index is 550. The number of rotatable bonds is 3. The first-order valence-corrected chi connectivity index (χ1v) is 6.75. The number of halogens is 2.